The highest BCUT2D eigenvalue weighted by Crippen LogP contribution is 2.17. The maximum atomic E-state index is 13.8. The van der Waals surface area contributed by atoms with Gasteiger partial charge in [0, 0.05) is 12.2 Å². The molecule has 1 aromatic heterocycles. The first-order chi connectivity index (χ1) is 13.5. The molecule has 144 valence electrons. The summed E-state index contributed by atoms with van der Waals surface area (Å²) >= 11 is 0. The second kappa shape index (κ2) is 8.94. The molecule has 0 fully saturated rings. The molecule has 0 atom stereocenters. The van der Waals surface area contributed by atoms with Crippen molar-refractivity contribution >= 4 is 17.5 Å². The average Bonchev–Trinajstić information content (AvgIpc) is 2.70. The molecule has 1 amide bonds. The minimum absolute atomic E-state index is 0.172. The Bertz CT molecular complexity index is 961. The maximum Gasteiger partial charge on any atom is 0.270 e. The van der Waals surface area contributed by atoms with Gasteiger partial charge in [0.05, 0.1) is 12.8 Å². The normalized spacial score (nSPS) is 10.4. The zero-order chi connectivity index (χ0) is 19.9. The molecule has 3 aromatic rings. The summed E-state index contributed by atoms with van der Waals surface area (Å²) in [6, 6.07) is 15.5. The van der Waals surface area contributed by atoms with Gasteiger partial charge in [-0.1, -0.05) is 24.3 Å². The predicted octanol–water partition coefficient (Wildman–Crippen LogP) is 3.65. The zero-order valence-corrected chi connectivity index (χ0v) is 15.7. The van der Waals surface area contributed by atoms with E-state index in [4.69, 9.17) is 4.74 Å². The predicted molar refractivity (Wildman–Crippen MR) is 105 cm³/mol. The van der Waals surface area contributed by atoms with Crippen LogP contribution in [0.3, 0.4) is 0 Å². The van der Waals surface area contributed by atoms with Crippen molar-refractivity contribution in [1.29, 1.82) is 0 Å². The van der Waals surface area contributed by atoms with Crippen LogP contribution in [0.15, 0.2) is 54.6 Å². The van der Waals surface area contributed by atoms with E-state index in [-0.39, 0.29) is 23.2 Å². The van der Waals surface area contributed by atoms with Crippen molar-refractivity contribution in [3.63, 3.8) is 0 Å². The van der Waals surface area contributed by atoms with Gasteiger partial charge in [0.25, 0.3) is 5.91 Å². The van der Waals surface area contributed by atoms with E-state index in [1.54, 1.807) is 38.3 Å². The standard InChI is InChI=1S/C21H21FN4O2/c1-14-13-19(26-21(24-14)25-18-6-4-3-5-17(18)22)20(27)23-12-11-15-7-9-16(28-2)10-8-15/h3-10,13H,11-12H2,1-2H3,(H,23,27)(H,24,25,26). The van der Waals surface area contributed by atoms with Crippen molar-refractivity contribution < 1.29 is 13.9 Å². The fraction of sp³-hybridized carbons (Fsp3) is 0.190. The van der Waals surface area contributed by atoms with Gasteiger partial charge in [0.2, 0.25) is 5.95 Å². The fourth-order valence-electron chi connectivity index (χ4n) is 2.63. The summed E-state index contributed by atoms with van der Waals surface area (Å²) in [5.41, 5.74) is 2.16. The minimum Gasteiger partial charge on any atom is -0.497 e. The summed E-state index contributed by atoms with van der Waals surface area (Å²) in [6.07, 6.45) is 0.681. The Balaban J connectivity index is 1.63. The van der Waals surface area contributed by atoms with Crippen LogP contribution in [-0.4, -0.2) is 29.5 Å². The molecule has 28 heavy (non-hydrogen) atoms. The Hall–Kier alpha value is -3.48. The molecule has 0 aliphatic carbocycles. The molecule has 0 radical (unpaired) electrons. The summed E-state index contributed by atoms with van der Waals surface area (Å²) < 4.78 is 18.9. The molecule has 2 N–H and O–H groups in total. The molecule has 3 rings (SSSR count). The van der Waals surface area contributed by atoms with Gasteiger partial charge in [0.15, 0.2) is 0 Å². The first kappa shape index (κ1) is 19.3. The van der Waals surface area contributed by atoms with Gasteiger partial charge in [-0.15, -0.1) is 0 Å². The lowest BCUT2D eigenvalue weighted by Crippen LogP contribution is -2.27. The minimum atomic E-state index is -0.418. The quantitative estimate of drug-likeness (QED) is 0.654. The Labute approximate surface area is 162 Å². The highest BCUT2D eigenvalue weighted by atomic mass is 19.1. The van der Waals surface area contributed by atoms with E-state index in [1.165, 1.54) is 6.07 Å². The largest absolute Gasteiger partial charge is 0.497 e. The molecule has 0 unspecified atom stereocenters. The van der Waals surface area contributed by atoms with Gasteiger partial charge in [-0.2, -0.15) is 0 Å². The Morgan fingerprint density at radius 3 is 2.57 bits per heavy atom. The smallest absolute Gasteiger partial charge is 0.270 e. The SMILES string of the molecule is COc1ccc(CCNC(=O)c2cc(C)nc(Nc3ccccc3F)n2)cc1. The van der Waals surface area contributed by atoms with Crippen LogP contribution < -0.4 is 15.4 Å². The number of nitrogens with one attached hydrogen (secondary N) is 2. The molecule has 0 bridgehead atoms. The molecule has 0 saturated carbocycles. The van der Waals surface area contributed by atoms with Crippen LogP contribution in [0.25, 0.3) is 0 Å². The maximum absolute atomic E-state index is 13.8. The van der Waals surface area contributed by atoms with Gasteiger partial charge < -0.3 is 15.4 Å². The lowest BCUT2D eigenvalue weighted by atomic mass is 10.1. The van der Waals surface area contributed by atoms with Crippen molar-refractivity contribution in [3.8, 4) is 5.75 Å². The highest BCUT2D eigenvalue weighted by Gasteiger charge is 2.11. The first-order valence-corrected chi connectivity index (χ1v) is 8.83. The summed E-state index contributed by atoms with van der Waals surface area (Å²) in [5, 5.41) is 5.66. The fourth-order valence-corrected chi connectivity index (χ4v) is 2.63. The molecule has 0 aliphatic rings. The van der Waals surface area contributed by atoms with E-state index in [0.29, 0.717) is 18.7 Å². The number of rotatable bonds is 7. The summed E-state index contributed by atoms with van der Waals surface area (Å²) in [7, 11) is 1.62. The molecule has 1 heterocycles. The summed E-state index contributed by atoms with van der Waals surface area (Å²) in [5.74, 6) is 0.234. The van der Waals surface area contributed by atoms with Gasteiger partial charge in [-0.25, -0.2) is 14.4 Å². The molecular weight excluding hydrogens is 359 g/mol. The number of amides is 1. The van der Waals surface area contributed by atoms with E-state index in [9.17, 15) is 9.18 Å². The van der Waals surface area contributed by atoms with Crippen molar-refractivity contribution in [2.24, 2.45) is 0 Å². The zero-order valence-electron chi connectivity index (χ0n) is 15.7. The van der Waals surface area contributed by atoms with Crippen LogP contribution in [0.2, 0.25) is 0 Å². The van der Waals surface area contributed by atoms with E-state index < -0.39 is 5.82 Å². The van der Waals surface area contributed by atoms with Gasteiger partial charge in [-0.3, -0.25) is 4.79 Å². The number of hydrogen-bond acceptors (Lipinski definition) is 5. The number of hydrogen-bond donors (Lipinski definition) is 2. The van der Waals surface area contributed by atoms with Crippen molar-refractivity contribution in [2.45, 2.75) is 13.3 Å². The number of carbonyl (C=O) groups is 1. The van der Waals surface area contributed by atoms with Crippen LogP contribution in [0.1, 0.15) is 21.7 Å². The average molecular weight is 380 g/mol. The van der Waals surface area contributed by atoms with Crippen LogP contribution in [0, 0.1) is 12.7 Å². The topological polar surface area (TPSA) is 76.1 Å². The third-order valence-electron chi connectivity index (χ3n) is 4.07. The van der Waals surface area contributed by atoms with E-state index >= 15 is 0 Å². The van der Waals surface area contributed by atoms with E-state index in [1.807, 2.05) is 24.3 Å². The lowest BCUT2D eigenvalue weighted by Gasteiger charge is -2.09. The summed E-state index contributed by atoms with van der Waals surface area (Å²) in [4.78, 5) is 20.9. The Kier molecular flexibility index (Phi) is 6.16. The lowest BCUT2D eigenvalue weighted by molar-refractivity contribution is 0.0949. The molecule has 0 spiro atoms. The monoisotopic (exact) mass is 380 g/mol. The van der Waals surface area contributed by atoms with E-state index in [0.717, 1.165) is 11.3 Å². The summed E-state index contributed by atoms with van der Waals surface area (Å²) in [6.45, 7) is 2.21. The second-order valence-electron chi connectivity index (χ2n) is 6.18. The third kappa shape index (κ3) is 5.03. The number of methoxy groups -OCH3 is 1. The number of carbonyl (C=O) groups excluding carboxylic acids is 1. The number of aromatic nitrogens is 2. The second-order valence-corrected chi connectivity index (χ2v) is 6.18. The highest BCUT2D eigenvalue weighted by molar-refractivity contribution is 5.92. The first-order valence-electron chi connectivity index (χ1n) is 8.83. The number of ether oxygens (including phenoxy) is 1. The van der Waals surface area contributed by atoms with Crippen LogP contribution in [0.4, 0.5) is 16.0 Å². The number of anilines is 2. The number of para-hydroxylation sites is 1. The van der Waals surface area contributed by atoms with Crippen LogP contribution in [0.5, 0.6) is 5.75 Å². The number of benzene rings is 2. The van der Waals surface area contributed by atoms with Crippen molar-refractivity contribution in [2.75, 3.05) is 19.0 Å². The molecule has 2 aromatic carbocycles. The van der Waals surface area contributed by atoms with Crippen LogP contribution >= 0.6 is 0 Å². The van der Waals surface area contributed by atoms with E-state index in [2.05, 4.69) is 20.6 Å². The van der Waals surface area contributed by atoms with Gasteiger partial charge in [0.1, 0.15) is 17.3 Å². The Morgan fingerprint density at radius 1 is 1.11 bits per heavy atom. The molecule has 0 aliphatic heterocycles. The van der Waals surface area contributed by atoms with Gasteiger partial charge in [-0.05, 0) is 49.2 Å². The molecule has 0 saturated heterocycles. The van der Waals surface area contributed by atoms with Gasteiger partial charge >= 0.3 is 0 Å². The number of aryl methyl sites for hydroxylation is 1. The van der Waals surface area contributed by atoms with Crippen LogP contribution in [-0.2, 0) is 6.42 Å². The molecule has 6 nitrogen and oxygen atoms in total. The van der Waals surface area contributed by atoms with Crippen molar-refractivity contribution in [1.82, 2.24) is 15.3 Å². The van der Waals surface area contributed by atoms with Crippen molar-refractivity contribution in [3.05, 3.63) is 77.4 Å². The Morgan fingerprint density at radius 2 is 1.86 bits per heavy atom. The molecule has 7 heteroatoms. The third-order valence-corrected chi connectivity index (χ3v) is 4.07. The molecular formula is C21H21FN4O2. The number of nitrogens with zero attached hydrogens (tertiary/aromatic N) is 2. The number of halogens is 1.